The molecule has 0 aromatic heterocycles. The van der Waals surface area contributed by atoms with Crippen LogP contribution in [0.2, 0.25) is 0 Å². The van der Waals surface area contributed by atoms with Crippen LogP contribution in [-0.2, 0) is 0 Å². The molecule has 0 saturated heterocycles. The third-order valence-corrected chi connectivity index (χ3v) is 15.4. The van der Waals surface area contributed by atoms with Gasteiger partial charge >= 0.3 is 92.4 Å². The van der Waals surface area contributed by atoms with Crippen molar-refractivity contribution in [2.24, 2.45) is 0 Å². The third-order valence-electron chi connectivity index (χ3n) is 3.69. The summed E-state index contributed by atoms with van der Waals surface area (Å²) in [5, 5.41) is -1.41. The molecule has 0 rings (SSSR count). The third kappa shape index (κ3) is 3.88. The summed E-state index contributed by atoms with van der Waals surface area (Å²) in [6, 6.07) is 0. The molecule has 0 bridgehead atoms. The molecule has 0 radical (unpaired) electrons. The predicted molar refractivity (Wildman–Crippen MR) is 71.9 cm³/mol. The van der Waals surface area contributed by atoms with Crippen LogP contribution in [0.15, 0.2) is 0 Å². The normalized spacial score (nSPS) is 15.3. The zero-order valence-corrected chi connectivity index (χ0v) is 12.3. The van der Waals surface area contributed by atoms with E-state index in [1.54, 1.807) is 0 Å². The van der Waals surface area contributed by atoms with E-state index in [2.05, 4.69) is 43.2 Å². The van der Waals surface area contributed by atoms with Crippen LogP contribution in [0.1, 0.15) is 47.0 Å². The van der Waals surface area contributed by atoms with Gasteiger partial charge in [0.1, 0.15) is 0 Å². The summed E-state index contributed by atoms with van der Waals surface area (Å²) < 4.78 is 0. The Morgan fingerprint density at radius 2 is 1.31 bits per heavy atom. The van der Waals surface area contributed by atoms with Crippen molar-refractivity contribution in [3.05, 3.63) is 0 Å². The van der Waals surface area contributed by atoms with Crippen LogP contribution >= 0.6 is 20.8 Å². The molecule has 82 valence electrons. The average molecular weight is 269 g/mol. The second-order valence-corrected chi connectivity index (χ2v) is 16.2. The van der Waals surface area contributed by atoms with Gasteiger partial charge in [0.25, 0.3) is 0 Å². The quantitative estimate of drug-likeness (QED) is 0.445. The van der Waals surface area contributed by atoms with Crippen LogP contribution < -0.4 is 0 Å². The molecule has 0 atom stereocenters. The maximum atomic E-state index is 4.15. The standard InChI is InChI=1S/C11H26BrP/c1-5-9-10-11-13(12,6-2,7-3)8-4/h5-11H2,1-4H3. The first-order valence-electron chi connectivity index (χ1n) is 5.76. The van der Waals surface area contributed by atoms with Crippen molar-refractivity contribution in [2.45, 2.75) is 47.0 Å². The summed E-state index contributed by atoms with van der Waals surface area (Å²) in [5.41, 5.74) is 0. The fraction of sp³-hybridized carbons (Fsp3) is 1.00. The van der Waals surface area contributed by atoms with Crippen LogP contribution in [0.3, 0.4) is 0 Å². The minimum absolute atomic E-state index is 1.34. The van der Waals surface area contributed by atoms with Gasteiger partial charge in [-0.15, -0.1) is 0 Å². The molecular weight excluding hydrogens is 243 g/mol. The SMILES string of the molecule is CCCCCP(Br)(CC)(CC)CC. The van der Waals surface area contributed by atoms with Gasteiger partial charge in [-0.25, -0.2) is 0 Å². The van der Waals surface area contributed by atoms with Crippen molar-refractivity contribution in [1.29, 1.82) is 0 Å². The Morgan fingerprint density at radius 3 is 1.62 bits per heavy atom. The van der Waals surface area contributed by atoms with E-state index in [4.69, 9.17) is 0 Å². The fourth-order valence-corrected chi connectivity index (χ4v) is 5.96. The van der Waals surface area contributed by atoms with Gasteiger partial charge in [-0.1, -0.05) is 0 Å². The summed E-state index contributed by atoms with van der Waals surface area (Å²) in [5.74, 6) is 0. The van der Waals surface area contributed by atoms with Crippen molar-refractivity contribution < 1.29 is 0 Å². The predicted octanol–water partition coefficient (Wildman–Crippen LogP) is 5.10. The van der Waals surface area contributed by atoms with Crippen LogP contribution in [0.4, 0.5) is 0 Å². The van der Waals surface area contributed by atoms with Crippen molar-refractivity contribution in [3.63, 3.8) is 0 Å². The minimum atomic E-state index is -1.41. The van der Waals surface area contributed by atoms with Crippen LogP contribution in [-0.4, -0.2) is 24.6 Å². The Morgan fingerprint density at radius 1 is 0.846 bits per heavy atom. The van der Waals surface area contributed by atoms with Gasteiger partial charge in [-0.2, -0.15) is 0 Å². The second kappa shape index (κ2) is 5.71. The molecular formula is C11H26BrP. The van der Waals surface area contributed by atoms with Gasteiger partial charge < -0.3 is 0 Å². The summed E-state index contributed by atoms with van der Waals surface area (Å²) >= 11 is 4.15. The van der Waals surface area contributed by atoms with E-state index in [9.17, 15) is 0 Å². The van der Waals surface area contributed by atoms with Crippen LogP contribution in [0.5, 0.6) is 0 Å². The molecule has 0 aliphatic heterocycles. The zero-order valence-electron chi connectivity index (χ0n) is 9.77. The molecule has 0 nitrogen and oxygen atoms in total. The van der Waals surface area contributed by atoms with Gasteiger partial charge in [-0.3, -0.25) is 0 Å². The summed E-state index contributed by atoms with van der Waals surface area (Å²) in [7, 11) is 0. The Balaban J connectivity index is 4.23. The number of unbranched alkanes of at least 4 members (excludes halogenated alkanes) is 2. The summed E-state index contributed by atoms with van der Waals surface area (Å²) in [4.78, 5) is 0. The molecule has 0 aromatic rings. The Hall–Kier alpha value is 0.910. The van der Waals surface area contributed by atoms with Crippen molar-refractivity contribution in [2.75, 3.05) is 24.6 Å². The van der Waals surface area contributed by atoms with Crippen molar-refractivity contribution in [1.82, 2.24) is 0 Å². The van der Waals surface area contributed by atoms with E-state index >= 15 is 0 Å². The van der Waals surface area contributed by atoms with Crippen LogP contribution in [0.25, 0.3) is 0 Å². The van der Waals surface area contributed by atoms with Gasteiger partial charge in [0.05, 0.1) is 0 Å². The summed E-state index contributed by atoms with van der Waals surface area (Å²) in [6.07, 6.45) is 9.77. The van der Waals surface area contributed by atoms with Gasteiger partial charge in [-0.05, 0) is 0 Å². The molecule has 0 N–H and O–H groups in total. The number of rotatable bonds is 7. The number of halogens is 1. The topological polar surface area (TPSA) is 0 Å². The van der Waals surface area contributed by atoms with E-state index in [-0.39, 0.29) is 0 Å². The Kier molecular flexibility index (Phi) is 6.11. The molecule has 0 amide bonds. The van der Waals surface area contributed by atoms with E-state index in [1.807, 2.05) is 0 Å². The van der Waals surface area contributed by atoms with E-state index < -0.39 is 5.31 Å². The molecule has 0 aliphatic carbocycles. The van der Waals surface area contributed by atoms with E-state index in [0.29, 0.717) is 0 Å². The molecule has 0 unspecified atom stereocenters. The Labute approximate surface area is 92.5 Å². The monoisotopic (exact) mass is 268 g/mol. The first-order chi connectivity index (χ1) is 6.04. The van der Waals surface area contributed by atoms with E-state index in [1.165, 1.54) is 43.9 Å². The summed E-state index contributed by atoms with van der Waals surface area (Å²) in [6.45, 7) is 9.38. The van der Waals surface area contributed by atoms with Crippen LogP contribution in [0, 0.1) is 0 Å². The molecule has 0 fully saturated rings. The average Bonchev–Trinajstić information content (AvgIpc) is 2.19. The molecule has 0 spiro atoms. The van der Waals surface area contributed by atoms with Crippen molar-refractivity contribution in [3.8, 4) is 0 Å². The van der Waals surface area contributed by atoms with Gasteiger partial charge in [0.15, 0.2) is 0 Å². The van der Waals surface area contributed by atoms with Gasteiger partial charge in [0, 0.05) is 0 Å². The Bertz CT molecular complexity index is 130. The molecule has 0 saturated carbocycles. The molecule has 0 aromatic carbocycles. The first-order valence-corrected chi connectivity index (χ1v) is 10.8. The number of hydrogen-bond donors (Lipinski definition) is 0. The zero-order chi connectivity index (χ0) is 10.4. The maximum absolute atomic E-state index is 4.15. The molecule has 13 heavy (non-hydrogen) atoms. The van der Waals surface area contributed by atoms with Crippen molar-refractivity contribution >= 4 is 20.8 Å². The molecule has 2 heteroatoms. The first kappa shape index (κ1) is 13.9. The molecule has 0 aliphatic rings. The second-order valence-electron chi connectivity index (χ2n) is 4.20. The van der Waals surface area contributed by atoms with E-state index in [0.717, 1.165) is 0 Å². The number of hydrogen-bond acceptors (Lipinski definition) is 0. The van der Waals surface area contributed by atoms with Gasteiger partial charge in [0.2, 0.25) is 0 Å². The molecule has 0 heterocycles. The fourth-order valence-electron chi connectivity index (χ4n) is 1.90.